The predicted octanol–water partition coefficient (Wildman–Crippen LogP) is 1.86. The molecule has 0 aliphatic heterocycles. The molecule has 0 aliphatic rings. The maximum absolute atomic E-state index is 11.5. The lowest BCUT2D eigenvalue weighted by Gasteiger charge is -1.97. The van der Waals surface area contributed by atoms with Gasteiger partial charge in [-0.3, -0.25) is 0 Å². The van der Waals surface area contributed by atoms with E-state index in [9.17, 15) is 4.79 Å². The van der Waals surface area contributed by atoms with E-state index in [1.165, 1.54) is 18.1 Å². The van der Waals surface area contributed by atoms with Gasteiger partial charge in [-0.2, -0.15) is 0 Å². The first-order valence-corrected chi connectivity index (χ1v) is 6.03. The Morgan fingerprint density at radius 3 is 3.06 bits per heavy atom. The topological polar surface area (TPSA) is 67.9 Å². The first kappa shape index (κ1) is 10.9. The number of hydrogen-bond acceptors (Lipinski definition) is 5. The molecule has 2 aromatic heterocycles. The van der Waals surface area contributed by atoms with Gasteiger partial charge in [-0.1, -0.05) is 0 Å². The van der Waals surface area contributed by atoms with E-state index in [2.05, 4.69) is 15.0 Å². The van der Waals surface area contributed by atoms with Gasteiger partial charge in [0.15, 0.2) is 0 Å². The number of esters is 1. The van der Waals surface area contributed by atoms with Gasteiger partial charge in [-0.05, 0) is 19.2 Å². The number of nitrogens with one attached hydrogen (secondary N) is 1. The summed E-state index contributed by atoms with van der Waals surface area (Å²) in [7, 11) is 0. The molecule has 0 bridgehead atoms. The Labute approximate surface area is 96.6 Å². The largest absolute Gasteiger partial charge is 0.461 e. The van der Waals surface area contributed by atoms with Crippen molar-refractivity contribution in [3.8, 4) is 0 Å². The van der Waals surface area contributed by atoms with Crippen molar-refractivity contribution in [3.63, 3.8) is 0 Å². The van der Waals surface area contributed by atoms with Crippen molar-refractivity contribution < 1.29 is 9.53 Å². The van der Waals surface area contributed by atoms with Crippen LogP contribution >= 0.6 is 11.8 Å². The van der Waals surface area contributed by atoms with Crippen molar-refractivity contribution in [2.75, 3.05) is 12.9 Å². The summed E-state index contributed by atoms with van der Waals surface area (Å²) in [5.41, 5.74) is 1.91. The second-order valence-electron chi connectivity index (χ2n) is 3.05. The van der Waals surface area contributed by atoms with E-state index in [-0.39, 0.29) is 5.97 Å². The normalized spacial score (nSPS) is 10.6. The van der Waals surface area contributed by atoms with E-state index in [4.69, 9.17) is 4.74 Å². The van der Waals surface area contributed by atoms with E-state index < -0.39 is 0 Å². The number of aromatic nitrogens is 3. The number of thioether (sulfide) groups is 1. The molecule has 0 aromatic carbocycles. The first-order chi connectivity index (χ1) is 7.76. The van der Waals surface area contributed by atoms with Crippen molar-refractivity contribution in [1.82, 2.24) is 15.0 Å². The Bertz CT molecular complexity index is 524. The molecular formula is C10H11N3O2S. The van der Waals surface area contributed by atoms with E-state index in [0.29, 0.717) is 12.3 Å². The summed E-state index contributed by atoms with van der Waals surface area (Å²) < 4.78 is 4.91. The highest BCUT2D eigenvalue weighted by molar-refractivity contribution is 7.98. The second-order valence-corrected chi connectivity index (χ2v) is 3.84. The minimum Gasteiger partial charge on any atom is -0.461 e. The van der Waals surface area contributed by atoms with Crippen LogP contribution in [0, 0.1) is 0 Å². The molecule has 0 atom stereocenters. The Kier molecular flexibility index (Phi) is 3.09. The monoisotopic (exact) mass is 237 g/mol. The molecule has 6 heteroatoms. The molecular weight excluding hydrogens is 226 g/mol. The minimum atomic E-state index is -0.368. The molecule has 2 rings (SSSR count). The molecule has 0 fully saturated rings. The highest BCUT2D eigenvalue weighted by Gasteiger charge is 2.13. The van der Waals surface area contributed by atoms with Crippen LogP contribution < -0.4 is 0 Å². The molecule has 16 heavy (non-hydrogen) atoms. The summed E-state index contributed by atoms with van der Waals surface area (Å²) in [6, 6.07) is 1.68. The van der Waals surface area contributed by atoms with Crippen molar-refractivity contribution in [2.24, 2.45) is 0 Å². The van der Waals surface area contributed by atoms with Crippen LogP contribution in [0.4, 0.5) is 0 Å². The van der Waals surface area contributed by atoms with E-state index in [1.54, 1.807) is 13.0 Å². The summed E-state index contributed by atoms with van der Waals surface area (Å²) >= 11 is 1.50. The average molecular weight is 237 g/mol. The van der Waals surface area contributed by atoms with Crippen molar-refractivity contribution in [3.05, 3.63) is 18.1 Å². The van der Waals surface area contributed by atoms with Crippen LogP contribution in [0.1, 0.15) is 17.4 Å². The van der Waals surface area contributed by atoms with Gasteiger partial charge in [-0.25, -0.2) is 14.8 Å². The van der Waals surface area contributed by atoms with Crippen LogP contribution in [-0.4, -0.2) is 33.8 Å². The molecule has 5 nitrogen and oxygen atoms in total. The molecule has 2 heterocycles. The fourth-order valence-corrected chi connectivity index (χ4v) is 1.90. The maximum Gasteiger partial charge on any atom is 0.354 e. The zero-order chi connectivity index (χ0) is 11.5. The number of nitrogens with zero attached hydrogens (tertiary/aromatic N) is 2. The van der Waals surface area contributed by atoms with Crippen LogP contribution in [0.25, 0.3) is 11.0 Å². The average Bonchev–Trinajstić information content (AvgIpc) is 2.72. The predicted molar refractivity (Wildman–Crippen MR) is 61.6 cm³/mol. The third kappa shape index (κ3) is 1.88. The number of fused-ring (bicyclic) bond motifs is 1. The van der Waals surface area contributed by atoms with Crippen LogP contribution in [0.2, 0.25) is 0 Å². The molecule has 84 valence electrons. The Morgan fingerprint density at radius 2 is 2.38 bits per heavy atom. The number of carbonyl (C=O) groups is 1. The molecule has 0 aliphatic carbocycles. The number of rotatable bonds is 3. The van der Waals surface area contributed by atoms with Crippen LogP contribution in [0.5, 0.6) is 0 Å². The zero-order valence-corrected chi connectivity index (χ0v) is 9.80. The minimum absolute atomic E-state index is 0.356. The van der Waals surface area contributed by atoms with Crippen molar-refractivity contribution in [2.45, 2.75) is 11.9 Å². The second kappa shape index (κ2) is 4.52. The zero-order valence-electron chi connectivity index (χ0n) is 8.98. The summed E-state index contributed by atoms with van der Waals surface area (Å²) in [5, 5.41) is 0.820. The van der Waals surface area contributed by atoms with E-state index >= 15 is 0 Å². The van der Waals surface area contributed by atoms with Gasteiger partial charge in [0.2, 0.25) is 0 Å². The Balaban J connectivity index is 2.47. The third-order valence-electron chi connectivity index (χ3n) is 2.07. The van der Waals surface area contributed by atoms with Crippen LogP contribution in [-0.2, 0) is 4.74 Å². The Hall–Kier alpha value is -1.56. The molecule has 1 N–H and O–H groups in total. The number of ether oxygens (including phenoxy) is 1. The molecule has 0 radical (unpaired) electrons. The Morgan fingerprint density at radius 1 is 1.56 bits per heavy atom. The SMILES string of the molecule is CCOC(=O)c1cc2ncnc(SC)c2[nH]1. The highest BCUT2D eigenvalue weighted by Crippen LogP contribution is 2.22. The molecule has 0 saturated carbocycles. The van der Waals surface area contributed by atoms with Gasteiger partial charge in [0.25, 0.3) is 0 Å². The van der Waals surface area contributed by atoms with E-state index in [0.717, 1.165) is 16.1 Å². The fourth-order valence-electron chi connectivity index (χ4n) is 1.39. The van der Waals surface area contributed by atoms with Gasteiger partial charge in [0.1, 0.15) is 17.0 Å². The van der Waals surface area contributed by atoms with Gasteiger partial charge < -0.3 is 9.72 Å². The van der Waals surface area contributed by atoms with Gasteiger partial charge in [-0.15, -0.1) is 11.8 Å². The van der Waals surface area contributed by atoms with Crippen molar-refractivity contribution >= 4 is 28.8 Å². The first-order valence-electron chi connectivity index (χ1n) is 4.81. The summed E-state index contributed by atoms with van der Waals surface area (Å²) in [5.74, 6) is -0.368. The van der Waals surface area contributed by atoms with Crippen LogP contribution in [0.3, 0.4) is 0 Å². The molecule has 0 spiro atoms. The maximum atomic E-state index is 11.5. The van der Waals surface area contributed by atoms with Crippen LogP contribution in [0.15, 0.2) is 17.4 Å². The quantitative estimate of drug-likeness (QED) is 0.501. The van der Waals surface area contributed by atoms with E-state index in [1.807, 2.05) is 6.26 Å². The van der Waals surface area contributed by atoms with Gasteiger partial charge in [0.05, 0.1) is 17.6 Å². The molecule has 0 saturated heterocycles. The number of H-pyrrole nitrogens is 1. The van der Waals surface area contributed by atoms with Crippen molar-refractivity contribution in [1.29, 1.82) is 0 Å². The third-order valence-corrected chi connectivity index (χ3v) is 2.77. The highest BCUT2D eigenvalue weighted by atomic mass is 32.2. The number of carbonyl (C=O) groups excluding carboxylic acids is 1. The van der Waals surface area contributed by atoms with Gasteiger partial charge in [0, 0.05) is 0 Å². The summed E-state index contributed by atoms with van der Waals surface area (Å²) in [4.78, 5) is 22.7. The lowest BCUT2D eigenvalue weighted by molar-refractivity contribution is 0.0520. The molecule has 0 amide bonds. The summed E-state index contributed by atoms with van der Waals surface area (Å²) in [6.07, 6.45) is 3.41. The molecule has 2 aromatic rings. The number of hydrogen-bond donors (Lipinski definition) is 1. The smallest absolute Gasteiger partial charge is 0.354 e. The molecule has 0 unspecified atom stereocenters. The lowest BCUT2D eigenvalue weighted by atomic mass is 10.4. The standard InChI is InChI=1S/C10H11N3O2S/c1-3-15-10(14)7-4-6-8(13-7)9(16-2)12-5-11-6/h4-5,13H,3H2,1-2H3. The summed E-state index contributed by atoms with van der Waals surface area (Å²) in [6.45, 7) is 2.13. The lowest BCUT2D eigenvalue weighted by Crippen LogP contribution is -2.04. The number of aromatic amines is 1. The van der Waals surface area contributed by atoms with Gasteiger partial charge >= 0.3 is 5.97 Å². The fraction of sp³-hybridized carbons (Fsp3) is 0.300.